The van der Waals surface area contributed by atoms with Gasteiger partial charge in [0.2, 0.25) is 5.91 Å². The number of carbonyl (C=O) groups is 1. The molecule has 0 aromatic carbocycles. The number of carbonyl (C=O) groups excluding carboxylic acids is 1. The molecule has 1 N–H and O–H groups in total. The topological polar surface area (TPSA) is 29.1 Å². The summed E-state index contributed by atoms with van der Waals surface area (Å²) in [7, 11) is 6.42. The highest BCUT2D eigenvalue weighted by molar-refractivity contribution is 5.75. The second-order valence-corrected chi connectivity index (χ2v) is 10.4. The van der Waals surface area contributed by atoms with Gasteiger partial charge in [0.05, 0.1) is 21.1 Å². The minimum absolute atomic E-state index is 0.223. The summed E-state index contributed by atoms with van der Waals surface area (Å²) in [5.74, 6) is 0.223. The lowest BCUT2D eigenvalue weighted by Gasteiger charge is -2.33. The smallest absolute Gasteiger partial charge is 0.224 e. The van der Waals surface area contributed by atoms with Crippen molar-refractivity contribution < 1.29 is 9.28 Å². The summed E-state index contributed by atoms with van der Waals surface area (Å²) < 4.78 is 0.789. The number of allylic oxidation sites excluding steroid dienone is 2. The van der Waals surface area contributed by atoms with Crippen molar-refractivity contribution in [3.63, 3.8) is 0 Å². The fourth-order valence-corrected chi connectivity index (χ4v) is 4.16. The predicted octanol–water partition coefficient (Wildman–Crippen LogP) is 8.14. The summed E-state index contributed by atoms with van der Waals surface area (Å²) in [6.07, 6.45) is 29.3. The Balaban J connectivity index is 3.35. The highest BCUT2D eigenvalue weighted by atomic mass is 16.1. The molecule has 1 unspecified atom stereocenters. The molecule has 1 atom stereocenters. The van der Waals surface area contributed by atoms with Gasteiger partial charge in [0, 0.05) is 12.8 Å². The Bertz CT molecular complexity index is 425. The lowest BCUT2D eigenvalue weighted by Crippen LogP contribution is -2.54. The van der Waals surface area contributed by atoms with E-state index in [2.05, 4.69) is 52.5 Å². The first-order valence-corrected chi connectivity index (χ1v) is 13.7. The molecular weight excluding hydrogens is 380 g/mol. The second kappa shape index (κ2) is 21.0. The largest absolute Gasteiger partial charge is 0.311 e. The van der Waals surface area contributed by atoms with Crippen LogP contribution in [0.5, 0.6) is 0 Å². The van der Waals surface area contributed by atoms with Crippen LogP contribution < -0.4 is 5.32 Å². The van der Waals surface area contributed by atoms with Gasteiger partial charge < -0.3 is 9.80 Å². The van der Waals surface area contributed by atoms with E-state index in [1.807, 2.05) is 0 Å². The minimum atomic E-state index is 0.223. The van der Waals surface area contributed by atoms with Gasteiger partial charge in [-0.2, -0.15) is 0 Å². The molecule has 0 heterocycles. The van der Waals surface area contributed by atoms with Crippen LogP contribution in [0, 0.1) is 0 Å². The summed E-state index contributed by atoms with van der Waals surface area (Å²) in [4.78, 5) is 12.1. The van der Waals surface area contributed by atoms with Gasteiger partial charge in [0.25, 0.3) is 0 Å². The Morgan fingerprint density at radius 1 is 0.677 bits per heavy atom. The first kappa shape index (κ1) is 30.2. The summed E-state index contributed by atoms with van der Waals surface area (Å²) in [5, 5.41) is 3.19. The molecule has 0 fully saturated rings. The van der Waals surface area contributed by atoms with Crippen LogP contribution in [0.2, 0.25) is 0 Å². The van der Waals surface area contributed by atoms with Crippen LogP contribution in [0.4, 0.5) is 0 Å². The van der Waals surface area contributed by atoms with Crippen LogP contribution >= 0.6 is 0 Å². The van der Waals surface area contributed by atoms with Crippen molar-refractivity contribution in [2.75, 3.05) is 21.1 Å². The van der Waals surface area contributed by atoms with Crippen LogP contribution in [-0.4, -0.2) is 37.7 Å². The zero-order valence-corrected chi connectivity index (χ0v) is 22.0. The van der Waals surface area contributed by atoms with E-state index >= 15 is 0 Å². The summed E-state index contributed by atoms with van der Waals surface area (Å²) >= 11 is 0. The molecule has 31 heavy (non-hydrogen) atoms. The second-order valence-electron chi connectivity index (χ2n) is 10.4. The average molecular weight is 438 g/mol. The van der Waals surface area contributed by atoms with Gasteiger partial charge in [0.15, 0.2) is 6.17 Å². The Labute approximate surface area is 196 Å². The molecule has 1 amide bonds. The Morgan fingerprint density at radius 3 is 1.52 bits per heavy atom. The van der Waals surface area contributed by atoms with Crippen molar-refractivity contribution in [2.24, 2.45) is 0 Å². The normalized spacial score (nSPS) is 13.1. The van der Waals surface area contributed by atoms with E-state index in [-0.39, 0.29) is 12.1 Å². The maximum absolute atomic E-state index is 12.1. The molecule has 0 saturated carbocycles. The summed E-state index contributed by atoms with van der Waals surface area (Å²) in [6, 6.07) is 0. The molecule has 0 aromatic rings. The molecule has 0 saturated heterocycles. The van der Waals surface area contributed by atoms with E-state index in [0.717, 1.165) is 17.3 Å². The molecular formula is C28H57N2O+. The first-order chi connectivity index (χ1) is 14.9. The van der Waals surface area contributed by atoms with Crippen molar-refractivity contribution in [3.8, 4) is 0 Å². The van der Waals surface area contributed by atoms with Gasteiger partial charge in [-0.15, -0.1) is 0 Å². The third-order valence-corrected chi connectivity index (χ3v) is 6.31. The van der Waals surface area contributed by atoms with Gasteiger partial charge in [0.1, 0.15) is 0 Å². The van der Waals surface area contributed by atoms with Crippen LogP contribution in [0.3, 0.4) is 0 Å². The molecule has 0 aromatic heterocycles. The number of nitrogens with zero attached hydrogens (tertiary/aromatic N) is 1. The maximum atomic E-state index is 12.1. The minimum Gasteiger partial charge on any atom is -0.311 e. The molecule has 0 rings (SSSR count). The molecule has 3 nitrogen and oxygen atoms in total. The fraction of sp³-hybridized carbons (Fsp3) is 0.893. The molecule has 0 bridgehead atoms. The van der Waals surface area contributed by atoms with Gasteiger partial charge >= 0.3 is 0 Å². The molecule has 0 aliphatic carbocycles. The SMILES string of the molecule is CCCCCCCC/C=C\CCCCCCCCCCCC(=O)NC(CC)[N+](C)(C)C. The lowest BCUT2D eigenvalue weighted by atomic mass is 10.1. The molecule has 0 radical (unpaired) electrons. The summed E-state index contributed by atoms with van der Waals surface area (Å²) in [6.45, 7) is 4.42. The summed E-state index contributed by atoms with van der Waals surface area (Å²) in [5.41, 5.74) is 0. The van der Waals surface area contributed by atoms with E-state index in [9.17, 15) is 4.79 Å². The van der Waals surface area contributed by atoms with Crippen LogP contribution in [0.25, 0.3) is 0 Å². The first-order valence-electron chi connectivity index (χ1n) is 13.7. The zero-order chi connectivity index (χ0) is 23.2. The number of rotatable bonds is 22. The number of quaternary nitrogens is 1. The monoisotopic (exact) mass is 437 g/mol. The number of nitrogens with one attached hydrogen (secondary N) is 1. The van der Waals surface area contributed by atoms with Gasteiger partial charge in [-0.25, -0.2) is 0 Å². The lowest BCUT2D eigenvalue weighted by molar-refractivity contribution is -0.898. The van der Waals surface area contributed by atoms with Crippen molar-refractivity contribution in [1.82, 2.24) is 5.32 Å². The van der Waals surface area contributed by atoms with E-state index in [1.165, 1.54) is 103 Å². The zero-order valence-electron chi connectivity index (χ0n) is 22.0. The Kier molecular flexibility index (Phi) is 20.5. The number of amides is 1. The van der Waals surface area contributed by atoms with E-state index in [1.54, 1.807) is 0 Å². The Hall–Kier alpha value is -0.830. The van der Waals surface area contributed by atoms with Crippen molar-refractivity contribution >= 4 is 5.91 Å². The van der Waals surface area contributed by atoms with Crippen molar-refractivity contribution in [1.29, 1.82) is 0 Å². The van der Waals surface area contributed by atoms with Gasteiger partial charge in [-0.1, -0.05) is 103 Å². The molecule has 0 aliphatic heterocycles. The Morgan fingerprint density at radius 2 is 1.10 bits per heavy atom. The quantitative estimate of drug-likeness (QED) is 0.0787. The van der Waals surface area contributed by atoms with Crippen LogP contribution in [0.15, 0.2) is 12.2 Å². The standard InChI is InChI=1S/C28H56N2O/c1-6-8-9-10-11-12-13-14-15-16-17-18-19-20-21-22-23-24-25-26-28(31)29-27(7-2)30(3,4)5/h14-15,27H,6-13,16-26H2,1-5H3/p+1/b15-14-. The van der Waals surface area contributed by atoms with Gasteiger partial charge in [-0.3, -0.25) is 4.79 Å². The highest BCUT2D eigenvalue weighted by Gasteiger charge is 2.22. The third-order valence-electron chi connectivity index (χ3n) is 6.31. The van der Waals surface area contributed by atoms with Crippen LogP contribution in [0.1, 0.15) is 136 Å². The maximum Gasteiger partial charge on any atom is 0.224 e. The van der Waals surface area contributed by atoms with E-state index in [4.69, 9.17) is 0 Å². The van der Waals surface area contributed by atoms with Crippen molar-refractivity contribution in [3.05, 3.63) is 12.2 Å². The van der Waals surface area contributed by atoms with Crippen molar-refractivity contribution in [2.45, 2.75) is 142 Å². The predicted molar refractivity (Wildman–Crippen MR) is 138 cm³/mol. The molecule has 0 aliphatic rings. The highest BCUT2D eigenvalue weighted by Crippen LogP contribution is 2.13. The number of hydrogen-bond donors (Lipinski definition) is 1. The fourth-order valence-electron chi connectivity index (χ4n) is 4.16. The van der Waals surface area contributed by atoms with E-state index in [0.29, 0.717) is 6.42 Å². The van der Waals surface area contributed by atoms with Gasteiger partial charge in [-0.05, 0) is 32.1 Å². The number of unbranched alkanes of at least 4 members (excludes halogenated alkanes) is 15. The third kappa shape index (κ3) is 20.8. The molecule has 3 heteroatoms. The molecule has 184 valence electrons. The van der Waals surface area contributed by atoms with Crippen LogP contribution in [-0.2, 0) is 4.79 Å². The van der Waals surface area contributed by atoms with E-state index < -0.39 is 0 Å². The average Bonchev–Trinajstić information content (AvgIpc) is 2.72. The number of hydrogen-bond acceptors (Lipinski definition) is 1. The molecule has 0 spiro atoms.